The van der Waals surface area contributed by atoms with E-state index in [0.717, 1.165) is 27.7 Å². The Morgan fingerprint density at radius 2 is 1.90 bits per heavy atom. The predicted octanol–water partition coefficient (Wildman–Crippen LogP) is 5.21. The number of hydrogen-bond acceptors (Lipinski definition) is 4. The van der Waals surface area contributed by atoms with E-state index < -0.39 is 5.97 Å². The van der Waals surface area contributed by atoms with E-state index in [0.29, 0.717) is 28.6 Å². The number of fused-ring (bicyclic) bond motifs is 2. The molecule has 1 aliphatic rings. The molecule has 0 spiro atoms. The van der Waals surface area contributed by atoms with Crippen molar-refractivity contribution in [2.24, 2.45) is 7.05 Å². The second-order valence-corrected chi connectivity index (χ2v) is 7.52. The summed E-state index contributed by atoms with van der Waals surface area (Å²) in [6, 6.07) is 14.5. The Labute approximate surface area is 177 Å². The first-order valence-electron chi connectivity index (χ1n) is 9.32. The van der Waals surface area contributed by atoms with E-state index in [9.17, 15) is 9.90 Å². The smallest absolute Gasteiger partial charge is 0.336 e. The van der Waals surface area contributed by atoms with E-state index in [4.69, 9.17) is 16.3 Å². The highest BCUT2D eigenvalue weighted by Crippen LogP contribution is 2.36. The van der Waals surface area contributed by atoms with Crippen LogP contribution in [0.3, 0.4) is 0 Å². The summed E-state index contributed by atoms with van der Waals surface area (Å²) >= 11 is 5.93. The van der Waals surface area contributed by atoms with E-state index >= 15 is 0 Å². The molecule has 4 aromatic rings. The predicted molar refractivity (Wildman–Crippen MR) is 115 cm³/mol. The van der Waals surface area contributed by atoms with Crippen LogP contribution in [0.1, 0.15) is 27.3 Å². The number of aryl methyl sites for hydroxylation is 1. The number of aromatic nitrogens is 3. The zero-order valence-corrected chi connectivity index (χ0v) is 16.7. The van der Waals surface area contributed by atoms with Crippen LogP contribution in [-0.4, -0.2) is 25.8 Å². The van der Waals surface area contributed by atoms with Crippen LogP contribution in [0.4, 0.5) is 0 Å². The summed E-state index contributed by atoms with van der Waals surface area (Å²) in [5.74, 6) is 0.422. The number of halogens is 1. The van der Waals surface area contributed by atoms with Gasteiger partial charge in [0.1, 0.15) is 11.5 Å². The quantitative estimate of drug-likeness (QED) is 0.493. The standard InChI is InChI=1S/C23H16ClN3O3/c1-27-22(13-10-19-17(23(28)29)8-9-25-20(19)11-13)18-7-6-16(12-21(18)26-27)30-15-4-2-14(24)3-5-15/h2-9,11-12H,10H2,1H3,(H,28,29). The number of nitrogens with zero attached hydrogens (tertiary/aromatic N) is 3. The first-order valence-corrected chi connectivity index (χ1v) is 9.70. The molecule has 0 fully saturated rings. The second kappa shape index (κ2) is 7.00. The second-order valence-electron chi connectivity index (χ2n) is 7.08. The molecule has 2 heterocycles. The van der Waals surface area contributed by atoms with E-state index in [2.05, 4.69) is 10.1 Å². The maximum Gasteiger partial charge on any atom is 0.336 e. The molecule has 1 N–H and O–H groups in total. The number of allylic oxidation sites excluding steroid dienone is 1. The maximum absolute atomic E-state index is 11.5. The zero-order valence-electron chi connectivity index (χ0n) is 16.0. The van der Waals surface area contributed by atoms with Gasteiger partial charge in [-0.25, -0.2) is 4.79 Å². The monoisotopic (exact) mass is 417 g/mol. The average molecular weight is 418 g/mol. The Hall–Kier alpha value is -3.64. The lowest BCUT2D eigenvalue weighted by Gasteiger charge is -2.07. The number of ether oxygens (including phenoxy) is 1. The van der Waals surface area contributed by atoms with Crippen molar-refractivity contribution in [1.82, 2.24) is 14.8 Å². The molecule has 30 heavy (non-hydrogen) atoms. The largest absolute Gasteiger partial charge is 0.478 e. The summed E-state index contributed by atoms with van der Waals surface area (Å²) in [5.41, 5.74) is 4.44. The van der Waals surface area contributed by atoms with Crippen LogP contribution >= 0.6 is 11.6 Å². The molecule has 0 aliphatic heterocycles. The molecular formula is C23H16ClN3O3. The topological polar surface area (TPSA) is 77.2 Å². The molecule has 0 amide bonds. The van der Waals surface area contributed by atoms with Crippen LogP contribution in [0, 0.1) is 0 Å². The minimum atomic E-state index is -0.942. The van der Waals surface area contributed by atoms with Gasteiger partial charge in [0.05, 0.1) is 22.5 Å². The molecule has 7 heteroatoms. The Balaban J connectivity index is 1.50. The van der Waals surface area contributed by atoms with Gasteiger partial charge < -0.3 is 9.84 Å². The van der Waals surface area contributed by atoms with Gasteiger partial charge in [-0.3, -0.25) is 9.67 Å². The van der Waals surface area contributed by atoms with Crippen LogP contribution in [0.2, 0.25) is 5.02 Å². The lowest BCUT2D eigenvalue weighted by Crippen LogP contribution is -2.04. The van der Waals surface area contributed by atoms with Crippen LogP contribution < -0.4 is 4.74 Å². The molecule has 0 saturated carbocycles. The van der Waals surface area contributed by atoms with Gasteiger partial charge in [0.25, 0.3) is 0 Å². The first-order chi connectivity index (χ1) is 14.5. The highest BCUT2D eigenvalue weighted by atomic mass is 35.5. The summed E-state index contributed by atoms with van der Waals surface area (Å²) in [5, 5.41) is 15.7. The van der Waals surface area contributed by atoms with E-state index in [-0.39, 0.29) is 5.56 Å². The first kappa shape index (κ1) is 18.4. The number of benzene rings is 2. The fraction of sp³-hybridized carbons (Fsp3) is 0.0870. The summed E-state index contributed by atoms with van der Waals surface area (Å²) in [7, 11) is 1.88. The van der Waals surface area contributed by atoms with Gasteiger partial charge in [-0.2, -0.15) is 5.10 Å². The van der Waals surface area contributed by atoms with Gasteiger partial charge >= 0.3 is 5.97 Å². The van der Waals surface area contributed by atoms with Crippen molar-refractivity contribution in [3.8, 4) is 11.5 Å². The van der Waals surface area contributed by atoms with Crippen molar-refractivity contribution in [3.63, 3.8) is 0 Å². The molecular weight excluding hydrogens is 402 g/mol. The third kappa shape index (κ3) is 3.11. The van der Waals surface area contributed by atoms with Crippen LogP contribution in [0.25, 0.3) is 22.6 Å². The number of carboxylic acids is 1. The summed E-state index contributed by atoms with van der Waals surface area (Å²) < 4.78 is 7.73. The molecule has 0 unspecified atom stereocenters. The fourth-order valence-electron chi connectivity index (χ4n) is 3.84. The van der Waals surface area contributed by atoms with Crippen LogP contribution in [0.15, 0.2) is 54.7 Å². The van der Waals surface area contributed by atoms with Crippen molar-refractivity contribution in [3.05, 3.63) is 82.3 Å². The molecule has 0 atom stereocenters. The van der Waals surface area contributed by atoms with Crippen molar-refractivity contribution < 1.29 is 14.6 Å². The fourth-order valence-corrected chi connectivity index (χ4v) is 3.97. The van der Waals surface area contributed by atoms with Gasteiger partial charge in [-0.05, 0) is 59.7 Å². The molecule has 0 saturated heterocycles. The molecule has 0 bridgehead atoms. The highest BCUT2D eigenvalue weighted by molar-refractivity contribution is 6.30. The maximum atomic E-state index is 11.5. The van der Waals surface area contributed by atoms with Crippen molar-refractivity contribution in [2.45, 2.75) is 6.42 Å². The highest BCUT2D eigenvalue weighted by Gasteiger charge is 2.24. The van der Waals surface area contributed by atoms with Crippen molar-refractivity contribution in [2.75, 3.05) is 0 Å². The average Bonchev–Trinajstić information content (AvgIpc) is 3.28. The Morgan fingerprint density at radius 3 is 2.67 bits per heavy atom. The number of aromatic carboxylic acids is 1. The number of carbonyl (C=O) groups is 1. The molecule has 2 aromatic heterocycles. The molecule has 1 aliphatic carbocycles. The molecule has 2 aromatic carbocycles. The number of rotatable bonds is 4. The SMILES string of the molecule is Cn1nc2cc(Oc3ccc(Cl)cc3)ccc2c1C1=Cc2nccc(C(=O)O)c2C1. The molecule has 148 valence electrons. The molecule has 6 nitrogen and oxygen atoms in total. The normalized spacial score (nSPS) is 12.7. The van der Waals surface area contributed by atoms with E-state index in [1.807, 2.05) is 48.1 Å². The van der Waals surface area contributed by atoms with Gasteiger partial charge in [-0.15, -0.1) is 0 Å². The van der Waals surface area contributed by atoms with Crippen molar-refractivity contribution in [1.29, 1.82) is 0 Å². The number of pyridine rings is 1. The van der Waals surface area contributed by atoms with Gasteiger partial charge in [0.15, 0.2) is 0 Å². The van der Waals surface area contributed by atoms with Gasteiger partial charge in [-0.1, -0.05) is 11.6 Å². The lowest BCUT2D eigenvalue weighted by molar-refractivity contribution is 0.0695. The van der Waals surface area contributed by atoms with E-state index in [1.165, 1.54) is 6.20 Å². The minimum absolute atomic E-state index is 0.288. The number of hydrogen-bond donors (Lipinski definition) is 1. The minimum Gasteiger partial charge on any atom is -0.478 e. The number of carboxylic acid groups (broad SMARTS) is 1. The third-order valence-electron chi connectivity index (χ3n) is 5.16. The Morgan fingerprint density at radius 1 is 1.13 bits per heavy atom. The van der Waals surface area contributed by atoms with E-state index in [1.54, 1.807) is 18.2 Å². The van der Waals surface area contributed by atoms with Crippen LogP contribution in [-0.2, 0) is 13.5 Å². The van der Waals surface area contributed by atoms with Crippen molar-refractivity contribution >= 4 is 40.1 Å². The summed E-state index contributed by atoms with van der Waals surface area (Å²) in [4.78, 5) is 15.9. The molecule has 0 radical (unpaired) electrons. The molecule has 5 rings (SSSR count). The Kier molecular flexibility index (Phi) is 4.29. The third-order valence-corrected chi connectivity index (χ3v) is 5.41. The Bertz CT molecular complexity index is 1340. The van der Waals surface area contributed by atoms with Gasteiger partial charge in [0, 0.05) is 36.1 Å². The lowest BCUT2D eigenvalue weighted by atomic mass is 10.0. The summed E-state index contributed by atoms with van der Waals surface area (Å²) in [6.45, 7) is 0. The summed E-state index contributed by atoms with van der Waals surface area (Å²) in [6.07, 6.45) is 3.97. The zero-order chi connectivity index (χ0) is 20.8. The van der Waals surface area contributed by atoms with Gasteiger partial charge in [0.2, 0.25) is 0 Å². The van der Waals surface area contributed by atoms with Crippen LogP contribution in [0.5, 0.6) is 11.5 Å².